The number of ether oxygens (including phenoxy) is 2. The lowest BCUT2D eigenvalue weighted by atomic mass is 10.1. The van der Waals surface area contributed by atoms with Gasteiger partial charge in [0.1, 0.15) is 18.0 Å². The lowest BCUT2D eigenvalue weighted by Gasteiger charge is -2.26. The minimum atomic E-state index is -4.01. The molecular weight excluding hydrogens is 464 g/mol. The summed E-state index contributed by atoms with van der Waals surface area (Å²) < 4.78 is 38.7. The fraction of sp³-hybridized carbons (Fsp3) is 0.208. The van der Waals surface area contributed by atoms with Crippen LogP contribution in [0, 0.1) is 0 Å². The summed E-state index contributed by atoms with van der Waals surface area (Å²) in [6, 6.07) is 18.2. The number of benzene rings is 3. The maximum absolute atomic E-state index is 13.5. The number of hydrogen-bond acceptors (Lipinski definition) is 5. The zero-order valence-electron chi connectivity index (χ0n) is 18.5. The van der Waals surface area contributed by atoms with E-state index >= 15 is 0 Å². The Labute approximate surface area is 198 Å². The predicted molar refractivity (Wildman–Crippen MR) is 130 cm³/mol. The van der Waals surface area contributed by atoms with Gasteiger partial charge in [-0.2, -0.15) is 0 Å². The summed E-state index contributed by atoms with van der Waals surface area (Å²) in [5, 5.41) is 3.03. The molecule has 1 N–H and O–H groups in total. The standard InChI is InChI=1S/C24H25ClN2O5S/c1-4-17-10-8-9-13-21(17)27(33(29,30)18-11-6-5-7-12-18)16-24(28)26-20-15-22(31-2)19(25)14-23(20)32-3/h5-15H,4,16H2,1-3H3,(H,26,28). The first-order valence-electron chi connectivity index (χ1n) is 10.2. The highest BCUT2D eigenvalue weighted by molar-refractivity contribution is 7.92. The second-order valence-electron chi connectivity index (χ2n) is 7.04. The first kappa shape index (κ1) is 24.4. The van der Waals surface area contributed by atoms with Gasteiger partial charge in [0.05, 0.1) is 35.5 Å². The second-order valence-corrected chi connectivity index (χ2v) is 9.31. The minimum absolute atomic E-state index is 0.0921. The molecule has 9 heteroatoms. The monoisotopic (exact) mass is 488 g/mol. The van der Waals surface area contributed by atoms with E-state index in [9.17, 15) is 13.2 Å². The molecule has 33 heavy (non-hydrogen) atoms. The van der Waals surface area contributed by atoms with Gasteiger partial charge >= 0.3 is 0 Å². The first-order chi connectivity index (χ1) is 15.8. The summed E-state index contributed by atoms with van der Waals surface area (Å²) in [5.74, 6) is 0.113. The predicted octanol–water partition coefficient (Wildman–Crippen LogP) is 4.75. The Morgan fingerprint density at radius 2 is 1.61 bits per heavy atom. The number of hydrogen-bond donors (Lipinski definition) is 1. The van der Waals surface area contributed by atoms with Crippen LogP contribution in [0.1, 0.15) is 12.5 Å². The molecule has 3 aromatic rings. The molecule has 3 rings (SSSR count). The molecule has 0 aliphatic rings. The van der Waals surface area contributed by atoms with Gasteiger partial charge in [-0.15, -0.1) is 0 Å². The molecule has 0 fully saturated rings. The van der Waals surface area contributed by atoms with E-state index in [0.717, 1.165) is 9.87 Å². The van der Waals surface area contributed by atoms with E-state index in [4.69, 9.17) is 21.1 Å². The van der Waals surface area contributed by atoms with Crippen LogP contribution >= 0.6 is 11.6 Å². The first-order valence-corrected chi connectivity index (χ1v) is 12.0. The average molecular weight is 489 g/mol. The number of nitrogens with one attached hydrogen (secondary N) is 1. The lowest BCUT2D eigenvalue weighted by molar-refractivity contribution is -0.114. The van der Waals surface area contributed by atoms with Gasteiger partial charge in [0.25, 0.3) is 10.0 Å². The number of anilines is 2. The van der Waals surface area contributed by atoms with Crippen molar-refractivity contribution < 1.29 is 22.7 Å². The zero-order valence-corrected chi connectivity index (χ0v) is 20.1. The molecule has 174 valence electrons. The number of carbonyl (C=O) groups is 1. The molecule has 0 unspecified atom stereocenters. The van der Waals surface area contributed by atoms with Crippen LogP contribution in [-0.4, -0.2) is 35.1 Å². The molecule has 0 saturated carbocycles. The van der Waals surface area contributed by atoms with Crippen LogP contribution in [0.25, 0.3) is 0 Å². The van der Waals surface area contributed by atoms with Crippen molar-refractivity contribution in [1.82, 2.24) is 0 Å². The highest BCUT2D eigenvalue weighted by Gasteiger charge is 2.28. The van der Waals surface area contributed by atoms with Crippen molar-refractivity contribution in [3.05, 3.63) is 77.3 Å². The molecule has 0 aliphatic carbocycles. The summed E-state index contributed by atoms with van der Waals surface area (Å²) in [6.07, 6.45) is 0.598. The van der Waals surface area contributed by atoms with Crippen LogP contribution in [0.4, 0.5) is 11.4 Å². The van der Waals surface area contributed by atoms with E-state index in [2.05, 4.69) is 5.32 Å². The van der Waals surface area contributed by atoms with Gasteiger partial charge in [0.2, 0.25) is 5.91 Å². The molecule has 0 aromatic heterocycles. The third-order valence-corrected chi connectivity index (χ3v) is 7.08. The van der Waals surface area contributed by atoms with Crippen LogP contribution in [0.5, 0.6) is 11.5 Å². The van der Waals surface area contributed by atoms with Crippen molar-refractivity contribution in [1.29, 1.82) is 0 Å². The fourth-order valence-electron chi connectivity index (χ4n) is 3.35. The molecule has 0 spiro atoms. The SMILES string of the molecule is CCc1ccccc1N(CC(=O)Nc1cc(OC)c(Cl)cc1OC)S(=O)(=O)c1ccccc1. The van der Waals surface area contributed by atoms with Gasteiger partial charge in [-0.25, -0.2) is 8.42 Å². The van der Waals surface area contributed by atoms with Crippen LogP contribution in [-0.2, 0) is 21.2 Å². The van der Waals surface area contributed by atoms with E-state index in [1.807, 2.05) is 19.1 Å². The number of halogens is 1. The van der Waals surface area contributed by atoms with Crippen molar-refractivity contribution in [2.75, 3.05) is 30.4 Å². The molecule has 0 saturated heterocycles. The summed E-state index contributed by atoms with van der Waals surface area (Å²) in [7, 11) is -1.12. The van der Waals surface area contributed by atoms with Crippen molar-refractivity contribution in [2.24, 2.45) is 0 Å². The fourth-order valence-corrected chi connectivity index (χ4v) is 5.06. The number of rotatable bonds is 9. The zero-order chi connectivity index (χ0) is 24.0. The number of aryl methyl sites for hydroxylation is 1. The van der Waals surface area contributed by atoms with Gasteiger partial charge in [-0.1, -0.05) is 54.9 Å². The van der Waals surface area contributed by atoms with Crippen molar-refractivity contribution >= 4 is 38.9 Å². The van der Waals surface area contributed by atoms with Crippen LogP contribution in [0.15, 0.2) is 71.6 Å². The summed E-state index contributed by atoms with van der Waals surface area (Å²) in [6.45, 7) is 1.49. The van der Waals surface area contributed by atoms with E-state index in [1.54, 1.807) is 30.3 Å². The normalized spacial score (nSPS) is 11.0. The van der Waals surface area contributed by atoms with Gasteiger partial charge in [0, 0.05) is 12.1 Å². The van der Waals surface area contributed by atoms with E-state index in [-0.39, 0.29) is 4.90 Å². The Morgan fingerprint density at radius 1 is 0.970 bits per heavy atom. The van der Waals surface area contributed by atoms with E-state index in [1.165, 1.54) is 38.5 Å². The number of amides is 1. The van der Waals surface area contributed by atoms with Crippen LogP contribution < -0.4 is 19.1 Å². The number of para-hydroxylation sites is 1. The minimum Gasteiger partial charge on any atom is -0.495 e. The van der Waals surface area contributed by atoms with Gasteiger partial charge in [-0.3, -0.25) is 9.10 Å². The van der Waals surface area contributed by atoms with E-state index in [0.29, 0.717) is 34.3 Å². The highest BCUT2D eigenvalue weighted by atomic mass is 35.5. The number of nitrogens with zero attached hydrogens (tertiary/aromatic N) is 1. The summed E-state index contributed by atoms with van der Waals surface area (Å²) in [4.78, 5) is 13.2. The molecule has 1 amide bonds. The van der Waals surface area contributed by atoms with E-state index < -0.39 is 22.5 Å². The Morgan fingerprint density at radius 3 is 2.24 bits per heavy atom. The average Bonchev–Trinajstić information content (AvgIpc) is 2.83. The Kier molecular flexibility index (Phi) is 7.84. The van der Waals surface area contributed by atoms with Gasteiger partial charge in [-0.05, 0) is 30.2 Å². The summed E-state index contributed by atoms with van der Waals surface area (Å²) >= 11 is 6.14. The molecule has 0 aliphatic heterocycles. The Hall–Kier alpha value is -3.23. The molecular formula is C24H25ClN2O5S. The van der Waals surface area contributed by atoms with Crippen molar-refractivity contribution in [3.8, 4) is 11.5 Å². The topological polar surface area (TPSA) is 84.9 Å². The second kappa shape index (κ2) is 10.6. The molecule has 0 heterocycles. The molecule has 0 bridgehead atoms. The highest BCUT2D eigenvalue weighted by Crippen LogP contribution is 2.36. The van der Waals surface area contributed by atoms with Crippen molar-refractivity contribution in [3.63, 3.8) is 0 Å². The van der Waals surface area contributed by atoms with Gasteiger partial charge < -0.3 is 14.8 Å². The summed E-state index contributed by atoms with van der Waals surface area (Å²) in [5.41, 5.74) is 1.56. The molecule has 0 atom stereocenters. The van der Waals surface area contributed by atoms with Crippen molar-refractivity contribution in [2.45, 2.75) is 18.2 Å². The quantitative estimate of drug-likeness (QED) is 0.469. The molecule has 3 aromatic carbocycles. The molecule has 0 radical (unpaired) electrons. The maximum Gasteiger partial charge on any atom is 0.264 e. The Bertz CT molecular complexity index is 1230. The number of sulfonamides is 1. The van der Waals surface area contributed by atoms with Crippen LogP contribution in [0.2, 0.25) is 5.02 Å². The van der Waals surface area contributed by atoms with Crippen LogP contribution in [0.3, 0.4) is 0 Å². The maximum atomic E-state index is 13.5. The largest absolute Gasteiger partial charge is 0.495 e. The number of methoxy groups -OCH3 is 2. The number of carbonyl (C=O) groups excluding carboxylic acids is 1. The third kappa shape index (κ3) is 5.40. The third-order valence-electron chi connectivity index (χ3n) is 5.01. The van der Waals surface area contributed by atoms with Gasteiger partial charge in [0.15, 0.2) is 0 Å². The lowest BCUT2D eigenvalue weighted by Crippen LogP contribution is -2.38. The smallest absolute Gasteiger partial charge is 0.264 e. The molecule has 7 nitrogen and oxygen atoms in total. The Balaban J connectivity index is 2.00.